The summed E-state index contributed by atoms with van der Waals surface area (Å²) < 4.78 is 10.6. The summed E-state index contributed by atoms with van der Waals surface area (Å²) in [6.45, 7) is 5.78. The lowest BCUT2D eigenvalue weighted by molar-refractivity contribution is -0.120. The van der Waals surface area contributed by atoms with Gasteiger partial charge in [0.05, 0.1) is 31.7 Å². The molecule has 2 heterocycles. The van der Waals surface area contributed by atoms with Gasteiger partial charge in [0.15, 0.2) is 11.5 Å². The zero-order chi connectivity index (χ0) is 21.8. The lowest BCUT2D eigenvalue weighted by Crippen LogP contribution is -2.24. The van der Waals surface area contributed by atoms with Crippen LogP contribution in [0.4, 0.5) is 0 Å². The van der Waals surface area contributed by atoms with Crippen LogP contribution < -0.4 is 20.5 Å². The Hall–Kier alpha value is -3.20. The molecule has 0 saturated heterocycles. The van der Waals surface area contributed by atoms with Gasteiger partial charge in [-0.1, -0.05) is 6.92 Å². The Morgan fingerprint density at radius 3 is 2.63 bits per heavy atom. The van der Waals surface area contributed by atoms with Gasteiger partial charge in [-0.15, -0.1) is 11.3 Å². The molecule has 3 rings (SSSR count). The van der Waals surface area contributed by atoms with Gasteiger partial charge in [-0.05, 0) is 44.0 Å². The Morgan fingerprint density at radius 1 is 1.23 bits per heavy atom. The number of thiophene rings is 1. The average Bonchev–Trinajstić information content (AvgIpc) is 3.02. The van der Waals surface area contributed by atoms with Crippen molar-refractivity contribution >= 4 is 33.2 Å². The summed E-state index contributed by atoms with van der Waals surface area (Å²) in [6, 6.07) is 5.45. The van der Waals surface area contributed by atoms with Crippen molar-refractivity contribution < 1.29 is 14.3 Å². The smallest absolute Gasteiger partial charge is 0.259 e. The zero-order valence-electron chi connectivity index (χ0n) is 17.6. The number of ether oxygens (including phenoxy) is 2. The molecule has 0 radical (unpaired) electrons. The number of nitrogens with one attached hydrogen (secondary N) is 2. The summed E-state index contributed by atoms with van der Waals surface area (Å²) in [5, 5.41) is 4.83. The molecule has 0 atom stereocenters. The number of carbonyl (C=O) groups excluding carboxylic acids is 1. The molecule has 0 bridgehead atoms. The number of carbonyl (C=O) groups is 1. The van der Waals surface area contributed by atoms with Gasteiger partial charge in [-0.2, -0.15) is 5.10 Å². The Balaban J connectivity index is 1.77. The Morgan fingerprint density at radius 2 is 1.97 bits per heavy atom. The SMILES string of the molecule is CC/C(=N\NC(=O)Cc1nc2sc(C)c(C)c2c(=O)[nH]1)c1ccc(OC)c(OC)c1. The molecule has 0 aliphatic heterocycles. The van der Waals surface area contributed by atoms with Crippen LogP contribution in [0.2, 0.25) is 0 Å². The molecule has 3 aromatic rings. The van der Waals surface area contributed by atoms with Gasteiger partial charge in [0.2, 0.25) is 5.91 Å². The fraction of sp³-hybridized carbons (Fsp3) is 0.333. The first-order valence-electron chi connectivity index (χ1n) is 9.44. The van der Waals surface area contributed by atoms with E-state index in [0.717, 1.165) is 16.0 Å². The second kappa shape index (κ2) is 9.08. The van der Waals surface area contributed by atoms with E-state index < -0.39 is 0 Å². The zero-order valence-corrected chi connectivity index (χ0v) is 18.4. The average molecular weight is 429 g/mol. The van der Waals surface area contributed by atoms with Gasteiger partial charge < -0.3 is 14.5 Å². The van der Waals surface area contributed by atoms with Crippen molar-refractivity contribution in [3.05, 3.63) is 50.4 Å². The van der Waals surface area contributed by atoms with E-state index in [9.17, 15) is 9.59 Å². The maximum absolute atomic E-state index is 12.4. The molecule has 9 heteroatoms. The minimum Gasteiger partial charge on any atom is -0.493 e. The summed E-state index contributed by atoms with van der Waals surface area (Å²) in [7, 11) is 3.13. The van der Waals surface area contributed by atoms with Crippen LogP contribution in [0.5, 0.6) is 11.5 Å². The fourth-order valence-corrected chi connectivity index (χ4v) is 4.12. The molecule has 1 aromatic carbocycles. The van der Waals surface area contributed by atoms with Crippen molar-refractivity contribution in [2.75, 3.05) is 14.2 Å². The molecule has 30 heavy (non-hydrogen) atoms. The van der Waals surface area contributed by atoms with E-state index >= 15 is 0 Å². The number of fused-ring (bicyclic) bond motifs is 1. The van der Waals surface area contributed by atoms with Crippen LogP contribution in [0.15, 0.2) is 28.1 Å². The number of aromatic amines is 1. The number of hydrogen-bond acceptors (Lipinski definition) is 7. The van der Waals surface area contributed by atoms with Crippen LogP contribution in [0.25, 0.3) is 10.2 Å². The first kappa shape index (κ1) is 21.5. The molecular formula is C21H24N4O4S. The number of hydrazone groups is 1. The monoisotopic (exact) mass is 428 g/mol. The van der Waals surface area contributed by atoms with Crippen molar-refractivity contribution in [2.45, 2.75) is 33.6 Å². The summed E-state index contributed by atoms with van der Waals surface area (Å²) in [6.07, 6.45) is 0.526. The minimum absolute atomic E-state index is 0.0758. The largest absolute Gasteiger partial charge is 0.493 e. The van der Waals surface area contributed by atoms with Crippen LogP contribution >= 0.6 is 11.3 Å². The minimum atomic E-state index is -0.367. The van der Waals surface area contributed by atoms with E-state index in [2.05, 4.69) is 20.5 Å². The van der Waals surface area contributed by atoms with E-state index in [1.807, 2.05) is 32.9 Å². The highest BCUT2D eigenvalue weighted by molar-refractivity contribution is 7.18. The molecule has 1 amide bonds. The first-order chi connectivity index (χ1) is 14.4. The molecule has 0 saturated carbocycles. The molecule has 8 nitrogen and oxygen atoms in total. The third-order valence-corrected chi connectivity index (χ3v) is 5.88. The molecule has 0 aliphatic carbocycles. The maximum Gasteiger partial charge on any atom is 0.259 e. The van der Waals surface area contributed by atoms with Crippen LogP contribution in [0.1, 0.15) is 35.2 Å². The summed E-state index contributed by atoms with van der Waals surface area (Å²) >= 11 is 1.45. The predicted molar refractivity (Wildman–Crippen MR) is 118 cm³/mol. The standard InChI is InChI=1S/C21H24N4O4S/c1-6-14(13-7-8-15(28-4)16(9-13)29-5)24-25-18(26)10-17-22-20(27)19-11(2)12(3)30-21(19)23-17/h7-9H,6,10H2,1-5H3,(H,25,26)(H,22,23,27)/b24-14+. The predicted octanol–water partition coefficient (Wildman–Crippen LogP) is 3.09. The Labute approximate surface area is 177 Å². The van der Waals surface area contributed by atoms with Crippen molar-refractivity contribution in [1.82, 2.24) is 15.4 Å². The topological polar surface area (TPSA) is 106 Å². The van der Waals surface area contributed by atoms with Crippen molar-refractivity contribution in [1.29, 1.82) is 0 Å². The van der Waals surface area contributed by atoms with Gasteiger partial charge in [-0.25, -0.2) is 10.4 Å². The third kappa shape index (κ3) is 4.35. The lowest BCUT2D eigenvalue weighted by Gasteiger charge is -2.10. The molecule has 0 spiro atoms. The van der Waals surface area contributed by atoms with Gasteiger partial charge in [0.25, 0.3) is 5.56 Å². The van der Waals surface area contributed by atoms with Crippen molar-refractivity contribution in [3.63, 3.8) is 0 Å². The summed E-state index contributed by atoms with van der Waals surface area (Å²) in [4.78, 5) is 33.5. The number of benzene rings is 1. The highest BCUT2D eigenvalue weighted by atomic mass is 32.1. The highest BCUT2D eigenvalue weighted by Gasteiger charge is 2.14. The number of amides is 1. The number of nitrogens with zero attached hydrogens (tertiary/aromatic N) is 2. The Kier molecular flexibility index (Phi) is 6.51. The Bertz CT molecular complexity index is 1180. The number of rotatable bonds is 7. The van der Waals surface area contributed by atoms with Crippen LogP contribution in [0, 0.1) is 13.8 Å². The molecule has 0 unspecified atom stereocenters. The number of methoxy groups -OCH3 is 2. The van der Waals surface area contributed by atoms with E-state index in [1.54, 1.807) is 20.3 Å². The lowest BCUT2D eigenvalue weighted by atomic mass is 10.1. The van der Waals surface area contributed by atoms with Gasteiger partial charge >= 0.3 is 0 Å². The van der Waals surface area contributed by atoms with E-state index in [1.165, 1.54) is 11.3 Å². The van der Waals surface area contributed by atoms with Crippen LogP contribution in [-0.2, 0) is 11.2 Å². The molecule has 158 valence electrons. The molecule has 0 fully saturated rings. The van der Waals surface area contributed by atoms with E-state index in [-0.39, 0.29) is 17.9 Å². The maximum atomic E-state index is 12.4. The van der Waals surface area contributed by atoms with Gasteiger partial charge in [-0.3, -0.25) is 9.59 Å². The van der Waals surface area contributed by atoms with Crippen molar-refractivity contribution in [3.8, 4) is 11.5 Å². The van der Waals surface area contributed by atoms with Crippen molar-refractivity contribution in [2.24, 2.45) is 5.10 Å². The second-order valence-corrected chi connectivity index (χ2v) is 7.87. The van der Waals surface area contributed by atoms with Gasteiger partial charge in [0, 0.05) is 10.4 Å². The molecule has 2 N–H and O–H groups in total. The second-order valence-electron chi connectivity index (χ2n) is 6.67. The van der Waals surface area contributed by atoms with Crippen LogP contribution in [-0.4, -0.2) is 35.8 Å². The quantitative estimate of drug-likeness (QED) is 0.444. The number of hydrogen-bond donors (Lipinski definition) is 2. The summed E-state index contributed by atoms with van der Waals surface area (Å²) in [5.74, 6) is 1.14. The number of aromatic nitrogens is 2. The molecule has 2 aromatic heterocycles. The number of aryl methyl sites for hydroxylation is 2. The third-order valence-electron chi connectivity index (χ3n) is 4.78. The van der Waals surface area contributed by atoms with Gasteiger partial charge in [0.1, 0.15) is 10.7 Å². The highest BCUT2D eigenvalue weighted by Crippen LogP contribution is 2.28. The summed E-state index contributed by atoms with van der Waals surface area (Å²) in [5.41, 5.74) is 4.74. The number of H-pyrrole nitrogens is 1. The fourth-order valence-electron chi connectivity index (χ4n) is 3.07. The van der Waals surface area contributed by atoms with E-state index in [4.69, 9.17) is 9.47 Å². The molecule has 0 aliphatic rings. The first-order valence-corrected chi connectivity index (χ1v) is 10.3. The van der Waals surface area contributed by atoms with Crippen LogP contribution in [0.3, 0.4) is 0 Å². The normalized spacial score (nSPS) is 11.6. The molecular weight excluding hydrogens is 404 g/mol. The van der Waals surface area contributed by atoms with E-state index in [0.29, 0.717) is 39.7 Å².